The molecule has 0 radical (unpaired) electrons. The van der Waals surface area contributed by atoms with Gasteiger partial charge in [0.1, 0.15) is 11.9 Å². The molecule has 0 aromatic heterocycles. The summed E-state index contributed by atoms with van der Waals surface area (Å²) in [7, 11) is 0. The topological polar surface area (TPSA) is 45.7 Å². The van der Waals surface area contributed by atoms with Gasteiger partial charge in [-0.3, -0.25) is 4.79 Å². The van der Waals surface area contributed by atoms with E-state index >= 15 is 0 Å². The van der Waals surface area contributed by atoms with Crippen LogP contribution in [-0.2, 0) is 4.79 Å². The van der Waals surface area contributed by atoms with Crippen molar-refractivity contribution in [3.63, 3.8) is 0 Å². The molecule has 22 heavy (non-hydrogen) atoms. The molecule has 116 valence electrons. The van der Waals surface area contributed by atoms with E-state index in [1.165, 1.54) is 18.2 Å². The Balaban J connectivity index is 1.88. The molecule has 3 N–H and O–H groups in total. The summed E-state index contributed by atoms with van der Waals surface area (Å²) in [6.45, 7) is 2.23. The minimum absolute atomic E-state index is 0.0194. The molecule has 2 rings (SSSR count). The van der Waals surface area contributed by atoms with E-state index < -0.39 is 5.82 Å². The maximum absolute atomic E-state index is 13.0. The molecule has 2 aromatic carbocycles. The number of hydrogen-bond acceptors (Lipinski definition) is 1. The summed E-state index contributed by atoms with van der Waals surface area (Å²) >= 11 is 11.6. The normalized spacial score (nSPS) is 12.0. The second-order valence-electron chi connectivity index (χ2n) is 4.96. The van der Waals surface area contributed by atoms with Crippen molar-refractivity contribution >= 4 is 34.8 Å². The van der Waals surface area contributed by atoms with Gasteiger partial charge in [-0.05, 0) is 37.3 Å². The molecule has 0 aliphatic rings. The fraction of sp³-hybridized carbons (Fsp3) is 0.188. The highest BCUT2D eigenvalue weighted by Crippen LogP contribution is 2.19. The van der Waals surface area contributed by atoms with Crippen molar-refractivity contribution in [1.82, 2.24) is 0 Å². The number of carbonyl (C=O) groups excluding carboxylic acids is 1. The predicted molar refractivity (Wildman–Crippen MR) is 86.7 cm³/mol. The Morgan fingerprint density at radius 2 is 2.05 bits per heavy atom. The number of halogens is 3. The first kappa shape index (κ1) is 16.7. The van der Waals surface area contributed by atoms with Gasteiger partial charge in [0.25, 0.3) is 5.91 Å². The molecule has 0 saturated heterocycles. The standard InChI is InChI=1S/C16H15Cl2FN2O/c1-10(11-3-2-4-12(17)7-11)20-9-16(22)21-13-5-6-15(19)14(18)8-13/h2-8,10,20H,9H2,1H3,(H,21,22)/p+1/t10-/m1/s1. The number of hydrogen-bond donors (Lipinski definition) is 2. The Morgan fingerprint density at radius 1 is 1.27 bits per heavy atom. The number of quaternary nitrogens is 1. The van der Waals surface area contributed by atoms with Gasteiger partial charge in [0.05, 0.1) is 5.02 Å². The van der Waals surface area contributed by atoms with Crippen molar-refractivity contribution in [2.75, 3.05) is 11.9 Å². The van der Waals surface area contributed by atoms with Crippen LogP contribution < -0.4 is 10.6 Å². The first-order valence-electron chi connectivity index (χ1n) is 6.79. The Kier molecular flexibility index (Phi) is 5.77. The summed E-state index contributed by atoms with van der Waals surface area (Å²) < 4.78 is 13.0. The summed E-state index contributed by atoms with van der Waals surface area (Å²) in [4.78, 5) is 11.9. The highest BCUT2D eigenvalue weighted by Gasteiger charge is 2.12. The van der Waals surface area contributed by atoms with E-state index in [4.69, 9.17) is 23.2 Å². The molecular formula is C16H16Cl2FN2O+. The first-order valence-corrected chi connectivity index (χ1v) is 7.55. The maximum atomic E-state index is 13.0. The van der Waals surface area contributed by atoms with E-state index in [1.807, 2.05) is 36.5 Å². The van der Waals surface area contributed by atoms with Crippen molar-refractivity contribution in [2.24, 2.45) is 0 Å². The molecule has 0 bridgehead atoms. The zero-order valence-electron chi connectivity index (χ0n) is 11.9. The molecule has 1 amide bonds. The lowest BCUT2D eigenvalue weighted by Gasteiger charge is -2.11. The highest BCUT2D eigenvalue weighted by molar-refractivity contribution is 6.31. The van der Waals surface area contributed by atoms with Crippen molar-refractivity contribution in [3.05, 3.63) is 63.9 Å². The van der Waals surface area contributed by atoms with Crippen molar-refractivity contribution in [2.45, 2.75) is 13.0 Å². The number of rotatable bonds is 5. The van der Waals surface area contributed by atoms with E-state index in [1.54, 1.807) is 0 Å². The smallest absolute Gasteiger partial charge is 0.279 e. The lowest BCUT2D eigenvalue weighted by molar-refractivity contribution is -0.682. The fourth-order valence-electron chi connectivity index (χ4n) is 2.00. The summed E-state index contributed by atoms with van der Waals surface area (Å²) in [5, 5.41) is 5.23. The van der Waals surface area contributed by atoms with E-state index in [0.29, 0.717) is 10.7 Å². The number of anilines is 1. The lowest BCUT2D eigenvalue weighted by Crippen LogP contribution is -2.86. The van der Waals surface area contributed by atoms with E-state index in [0.717, 1.165) is 5.56 Å². The second-order valence-corrected chi connectivity index (χ2v) is 5.80. The van der Waals surface area contributed by atoms with Gasteiger partial charge in [-0.2, -0.15) is 0 Å². The van der Waals surface area contributed by atoms with Crippen LogP contribution in [0.5, 0.6) is 0 Å². The van der Waals surface area contributed by atoms with Crippen LogP contribution >= 0.6 is 23.2 Å². The van der Waals surface area contributed by atoms with Gasteiger partial charge < -0.3 is 10.6 Å². The van der Waals surface area contributed by atoms with Crippen LogP contribution in [0.3, 0.4) is 0 Å². The number of nitrogens with two attached hydrogens (primary N) is 1. The molecule has 0 aliphatic heterocycles. The Bertz CT molecular complexity index is 679. The molecule has 3 nitrogen and oxygen atoms in total. The van der Waals surface area contributed by atoms with Crippen LogP contribution in [0.4, 0.5) is 10.1 Å². The monoisotopic (exact) mass is 341 g/mol. The molecule has 1 atom stereocenters. The van der Waals surface area contributed by atoms with Gasteiger partial charge in [-0.25, -0.2) is 4.39 Å². The van der Waals surface area contributed by atoms with Gasteiger partial charge in [-0.1, -0.05) is 35.3 Å². The van der Waals surface area contributed by atoms with Crippen LogP contribution in [0.2, 0.25) is 10.0 Å². The zero-order valence-corrected chi connectivity index (χ0v) is 13.5. The van der Waals surface area contributed by atoms with Crippen LogP contribution in [0.25, 0.3) is 0 Å². The van der Waals surface area contributed by atoms with Crippen molar-refractivity contribution < 1.29 is 14.5 Å². The van der Waals surface area contributed by atoms with Crippen LogP contribution in [-0.4, -0.2) is 12.5 Å². The van der Waals surface area contributed by atoms with Gasteiger partial charge >= 0.3 is 0 Å². The van der Waals surface area contributed by atoms with Gasteiger partial charge in [-0.15, -0.1) is 0 Å². The number of nitrogens with one attached hydrogen (secondary N) is 1. The van der Waals surface area contributed by atoms with Crippen LogP contribution in [0.15, 0.2) is 42.5 Å². The molecule has 0 heterocycles. The Hall–Kier alpha value is -1.62. The minimum Gasteiger partial charge on any atom is -0.333 e. The van der Waals surface area contributed by atoms with Gasteiger partial charge in [0.2, 0.25) is 0 Å². The van der Waals surface area contributed by atoms with Gasteiger partial charge in [0, 0.05) is 16.3 Å². The lowest BCUT2D eigenvalue weighted by atomic mass is 10.1. The van der Waals surface area contributed by atoms with Crippen molar-refractivity contribution in [3.8, 4) is 0 Å². The molecule has 0 aliphatic carbocycles. The third-order valence-electron chi connectivity index (χ3n) is 3.23. The minimum atomic E-state index is -0.513. The first-order chi connectivity index (χ1) is 10.5. The molecule has 0 spiro atoms. The average Bonchev–Trinajstić information content (AvgIpc) is 2.48. The number of carbonyl (C=O) groups is 1. The Morgan fingerprint density at radius 3 is 2.73 bits per heavy atom. The highest BCUT2D eigenvalue weighted by atomic mass is 35.5. The predicted octanol–water partition coefficient (Wildman–Crippen LogP) is 3.40. The Labute approximate surface area is 138 Å². The zero-order chi connectivity index (χ0) is 16.1. The summed E-state index contributed by atoms with van der Waals surface area (Å²) in [5.41, 5.74) is 1.52. The third-order valence-corrected chi connectivity index (χ3v) is 3.76. The molecular weight excluding hydrogens is 326 g/mol. The summed E-state index contributed by atoms with van der Waals surface area (Å²) in [6, 6.07) is 11.7. The molecule has 6 heteroatoms. The summed E-state index contributed by atoms with van der Waals surface area (Å²) in [5.74, 6) is -0.697. The maximum Gasteiger partial charge on any atom is 0.279 e. The fourth-order valence-corrected chi connectivity index (χ4v) is 2.37. The number of amides is 1. The van der Waals surface area contributed by atoms with Crippen molar-refractivity contribution in [1.29, 1.82) is 0 Å². The number of benzene rings is 2. The van der Waals surface area contributed by atoms with Crippen LogP contribution in [0, 0.1) is 5.82 Å². The van der Waals surface area contributed by atoms with Crippen LogP contribution in [0.1, 0.15) is 18.5 Å². The second kappa shape index (κ2) is 7.58. The van der Waals surface area contributed by atoms with E-state index in [9.17, 15) is 9.18 Å². The SMILES string of the molecule is C[C@@H]([NH2+]CC(=O)Nc1ccc(F)c(Cl)c1)c1cccc(Cl)c1. The third kappa shape index (κ3) is 4.70. The largest absolute Gasteiger partial charge is 0.333 e. The van der Waals surface area contributed by atoms with E-state index in [2.05, 4.69) is 5.32 Å². The molecule has 0 fully saturated rings. The van der Waals surface area contributed by atoms with E-state index in [-0.39, 0.29) is 23.5 Å². The summed E-state index contributed by atoms with van der Waals surface area (Å²) in [6.07, 6.45) is 0. The quantitative estimate of drug-likeness (QED) is 0.860. The average molecular weight is 342 g/mol. The molecule has 0 saturated carbocycles. The molecule has 0 unspecified atom stereocenters. The van der Waals surface area contributed by atoms with Gasteiger partial charge in [0.15, 0.2) is 6.54 Å². The molecule has 2 aromatic rings.